The number of hydrazine groups is 1. The number of anilines is 2. The van der Waals surface area contributed by atoms with Gasteiger partial charge in [0.05, 0.1) is 0 Å². The Morgan fingerprint density at radius 2 is 1.55 bits per heavy atom. The van der Waals surface area contributed by atoms with Crippen LogP contribution in [0.4, 0.5) is 11.4 Å². The van der Waals surface area contributed by atoms with Gasteiger partial charge in [0.2, 0.25) is 0 Å². The second kappa shape index (κ2) is 5.56. The molecule has 0 fully saturated rings. The number of hydrogen-bond acceptors (Lipinski definition) is 3. The molecule has 5 N–H and O–H groups in total. The van der Waals surface area contributed by atoms with Gasteiger partial charge in [-0.05, 0) is 24.3 Å². The highest BCUT2D eigenvalue weighted by atomic mass is 15.2. The summed E-state index contributed by atoms with van der Waals surface area (Å²) in [5.74, 6) is 5.11. The first-order chi connectivity index (χ1) is 5.33. The van der Waals surface area contributed by atoms with Gasteiger partial charge in [0, 0.05) is 11.4 Å². The summed E-state index contributed by atoms with van der Waals surface area (Å²) in [4.78, 5) is 0. The molecular weight excluding hydrogens is 138 g/mol. The van der Waals surface area contributed by atoms with Crippen molar-refractivity contribution in [3.63, 3.8) is 0 Å². The molecule has 0 saturated carbocycles. The summed E-state index contributed by atoms with van der Waals surface area (Å²) in [6, 6.07) is 7.20. The van der Waals surface area contributed by atoms with Crippen LogP contribution >= 0.6 is 0 Å². The topological polar surface area (TPSA) is 64.1 Å². The van der Waals surface area contributed by atoms with E-state index in [1.807, 2.05) is 26.0 Å². The Hall–Kier alpha value is -1.22. The zero-order valence-electron chi connectivity index (χ0n) is 6.96. The molecule has 3 heteroatoms. The van der Waals surface area contributed by atoms with Crippen LogP contribution in [0.3, 0.4) is 0 Å². The molecule has 0 unspecified atom stereocenters. The molecule has 0 aliphatic rings. The third kappa shape index (κ3) is 3.47. The third-order valence-electron chi connectivity index (χ3n) is 1.08. The Kier molecular flexibility index (Phi) is 4.94. The smallest absolute Gasteiger partial charge is 0.0486 e. The van der Waals surface area contributed by atoms with Gasteiger partial charge in [-0.25, -0.2) is 0 Å². The molecule has 1 aromatic carbocycles. The van der Waals surface area contributed by atoms with Gasteiger partial charge >= 0.3 is 0 Å². The molecule has 11 heavy (non-hydrogen) atoms. The molecule has 0 saturated heterocycles. The fraction of sp³-hybridized carbons (Fsp3) is 0.250. The maximum Gasteiger partial charge on any atom is 0.0486 e. The van der Waals surface area contributed by atoms with Crippen LogP contribution in [0.15, 0.2) is 24.3 Å². The van der Waals surface area contributed by atoms with Crippen LogP contribution in [-0.2, 0) is 0 Å². The summed E-state index contributed by atoms with van der Waals surface area (Å²) in [6.07, 6.45) is 0. The van der Waals surface area contributed by atoms with Crippen molar-refractivity contribution in [2.24, 2.45) is 5.84 Å². The molecule has 0 aliphatic carbocycles. The first kappa shape index (κ1) is 9.78. The molecule has 0 spiro atoms. The Bertz CT molecular complexity index is 181. The zero-order valence-corrected chi connectivity index (χ0v) is 6.96. The van der Waals surface area contributed by atoms with Crippen LogP contribution in [0.2, 0.25) is 0 Å². The lowest BCUT2D eigenvalue weighted by atomic mass is 10.3. The van der Waals surface area contributed by atoms with Crippen molar-refractivity contribution in [3.8, 4) is 0 Å². The molecular formula is C8H15N3. The average molecular weight is 153 g/mol. The van der Waals surface area contributed by atoms with Gasteiger partial charge in [0.1, 0.15) is 0 Å². The predicted molar refractivity (Wildman–Crippen MR) is 50.0 cm³/mol. The van der Waals surface area contributed by atoms with Crippen LogP contribution in [0.5, 0.6) is 0 Å². The number of nitrogens with two attached hydrogens (primary N) is 2. The molecule has 0 heterocycles. The minimum absolute atomic E-state index is 0.744. The highest BCUT2D eigenvalue weighted by molar-refractivity contribution is 5.50. The van der Waals surface area contributed by atoms with E-state index in [0.717, 1.165) is 11.4 Å². The minimum atomic E-state index is 0.744. The van der Waals surface area contributed by atoms with Crippen LogP contribution in [0.25, 0.3) is 0 Å². The Labute approximate surface area is 67.4 Å². The second-order valence-electron chi connectivity index (χ2n) is 1.77. The van der Waals surface area contributed by atoms with Crippen LogP contribution in [0, 0.1) is 0 Å². The van der Waals surface area contributed by atoms with E-state index in [1.54, 1.807) is 12.1 Å². The van der Waals surface area contributed by atoms with Crippen molar-refractivity contribution in [1.29, 1.82) is 0 Å². The first-order valence-corrected chi connectivity index (χ1v) is 3.65. The molecule has 0 atom stereocenters. The SMILES string of the molecule is CC.NNc1ccc(N)cc1. The second-order valence-corrected chi connectivity index (χ2v) is 1.77. The van der Waals surface area contributed by atoms with E-state index >= 15 is 0 Å². The van der Waals surface area contributed by atoms with E-state index in [2.05, 4.69) is 5.43 Å². The standard InChI is InChI=1S/C6H9N3.C2H6/c7-5-1-3-6(9-8)4-2-5;1-2/h1-4,9H,7-8H2;1-2H3. The minimum Gasteiger partial charge on any atom is -0.399 e. The summed E-state index contributed by atoms with van der Waals surface area (Å²) in [5.41, 5.74) is 9.52. The monoisotopic (exact) mass is 153 g/mol. The van der Waals surface area contributed by atoms with E-state index in [-0.39, 0.29) is 0 Å². The summed E-state index contributed by atoms with van der Waals surface area (Å²) in [5, 5.41) is 0. The molecule has 1 rings (SSSR count). The van der Waals surface area contributed by atoms with E-state index in [4.69, 9.17) is 11.6 Å². The quantitative estimate of drug-likeness (QED) is 0.326. The molecule has 3 nitrogen and oxygen atoms in total. The number of rotatable bonds is 1. The van der Waals surface area contributed by atoms with Crippen molar-refractivity contribution >= 4 is 11.4 Å². The highest BCUT2D eigenvalue weighted by Crippen LogP contribution is 2.07. The van der Waals surface area contributed by atoms with E-state index < -0.39 is 0 Å². The van der Waals surface area contributed by atoms with E-state index in [1.165, 1.54) is 0 Å². The van der Waals surface area contributed by atoms with E-state index in [0.29, 0.717) is 0 Å². The van der Waals surface area contributed by atoms with Gasteiger partial charge < -0.3 is 11.2 Å². The fourth-order valence-electron chi connectivity index (χ4n) is 0.579. The lowest BCUT2D eigenvalue weighted by molar-refractivity contribution is 1.35. The van der Waals surface area contributed by atoms with Gasteiger partial charge in [-0.1, -0.05) is 13.8 Å². The van der Waals surface area contributed by atoms with Crippen molar-refractivity contribution in [1.82, 2.24) is 0 Å². The summed E-state index contributed by atoms with van der Waals surface area (Å²) < 4.78 is 0. The Balaban J connectivity index is 0.000000461. The van der Waals surface area contributed by atoms with Crippen LogP contribution in [-0.4, -0.2) is 0 Å². The third-order valence-corrected chi connectivity index (χ3v) is 1.08. The number of hydrogen-bond donors (Lipinski definition) is 3. The van der Waals surface area contributed by atoms with Crippen molar-refractivity contribution in [3.05, 3.63) is 24.3 Å². The number of nitrogens with one attached hydrogen (secondary N) is 1. The molecule has 0 aromatic heterocycles. The Morgan fingerprint density at radius 1 is 1.09 bits per heavy atom. The maximum absolute atomic E-state index is 5.41. The largest absolute Gasteiger partial charge is 0.399 e. The molecule has 0 amide bonds. The lowest BCUT2D eigenvalue weighted by Crippen LogP contribution is -2.06. The number of nitrogen functional groups attached to an aromatic ring is 2. The predicted octanol–water partition coefficient (Wildman–Crippen LogP) is 1.58. The summed E-state index contributed by atoms with van der Waals surface area (Å²) in [6.45, 7) is 4.00. The normalized spacial score (nSPS) is 7.91. The summed E-state index contributed by atoms with van der Waals surface area (Å²) in [7, 11) is 0. The zero-order chi connectivity index (χ0) is 8.69. The summed E-state index contributed by atoms with van der Waals surface area (Å²) >= 11 is 0. The first-order valence-electron chi connectivity index (χ1n) is 3.65. The van der Waals surface area contributed by atoms with Crippen molar-refractivity contribution in [2.75, 3.05) is 11.2 Å². The molecule has 0 aliphatic heterocycles. The molecule has 1 aromatic rings. The van der Waals surface area contributed by atoms with Gasteiger partial charge in [-0.2, -0.15) is 0 Å². The lowest BCUT2D eigenvalue weighted by Gasteiger charge is -1.97. The highest BCUT2D eigenvalue weighted by Gasteiger charge is 1.84. The van der Waals surface area contributed by atoms with Crippen molar-refractivity contribution in [2.45, 2.75) is 13.8 Å². The number of benzene rings is 1. The molecule has 62 valence electrons. The van der Waals surface area contributed by atoms with Gasteiger partial charge in [0.15, 0.2) is 0 Å². The molecule has 0 radical (unpaired) electrons. The van der Waals surface area contributed by atoms with Crippen molar-refractivity contribution < 1.29 is 0 Å². The van der Waals surface area contributed by atoms with Gasteiger partial charge in [0.25, 0.3) is 0 Å². The van der Waals surface area contributed by atoms with Crippen LogP contribution in [0.1, 0.15) is 13.8 Å². The maximum atomic E-state index is 5.41. The van der Waals surface area contributed by atoms with E-state index in [9.17, 15) is 0 Å². The van der Waals surface area contributed by atoms with Gasteiger partial charge in [-0.3, -0.25) is 5.84 Å². The average Bonchev–Trinajstić information content (AvgIpc) is 2.10. The van der Waals surface area contributed by atoms with Crippen LogP contribution < -0.4 is 17.0 Å². The molecule has 0 bridgehead atoms. The van der Waals surface area contributed by atoms with Gasteiger partial charge in [-0.15, -0.1) is 0 Å². The fourth-order valence-corrected chi connectivity index (χ4v) is 0.579. The Morgan fingerprint density at radius 3 is 1.91 bits per heavy atom.